The van der Waals surface area contributed by atoms with Gasteiger partial charge in [0, 0.05) is 10.6 Å². The van der Waals surface area contributed by atoms with E-state index in [4.69, 9.17) is 0 Å². The molecule has 6 heteroatoms. The summed E-state index contributed by atoms with van der Waals surface area (Å²) in [5.74, 6) is -1.72. The maximum atomic E-state index is 12.7. The molecule has 2 atom stereocenters. The zero-order chi connectivity index (χ0) is 21.0. The number of carboxylic acids is 1. The lowest BCUT2D eigenvalue weighted by atomic mass is 9.78. The van der Waals surface area contributed by atoms with Crippen LogP contribution in [-0.4, -0.2) is 22.0 Å². The van der Waals surface area contributed by atoms with Crippen molar-refractivity contribution in [2.75, 3.05) is 5.32 Å². The Kier molecular flexibility index (Phi) is 6.85. The zero-order valence-corrected chi connectivity index (χ0v) is 18.0. The van der Waals surface area contributed by atoms with Gasteiger partial charge in [0.2, 0.25) is 5.91 Å². The quantitative estimate of drug-likeness (QED) is 0.649. The molecule has 2 unspecified atom stereocenters. The van der Waals surface area contributed by atoms with Crippen LogP contribution < -0.4 is 5.32 Å². The van der Waals surface area contributed by atoms with Crippen LogP contribution >= 0.6 is 11.3 Å². The lowest BCUT2D eigenvalue weighted by Crippen LogP contribution is -2.36. The first-order chi connectivity index (χ1) is 13.8. The number of carbonyl (C=O) groups is 2. The molecule has 29 heavy (non-hydrogen) atoms. The van der Waals surface area contributed by atoms with Gasteiger partial charge in [0.25, 0.3) is 0 Å². The maximum Gasteiger partial charge on any atom is 0.307 e. The van der Waals surface area contributed by atoms with Gasteiger partial charge in [0.05, 0.1) is 17.5 Å². The Morgan fingerprint density at radius 2 is 1.93 bits per heavy atom. The van der Waals surface area contributed by atoms with Gasteiger partial charge >= 0.3 is 5.97 Å². The largest absolute Gasteiger partial charge is 0.481 e. The molecule has 1 amide bonds. The first kappa shape index (κ1) is 21.2. The first-order valence-corrected chi connectivity index (χ1v) is 11.0. The van der Waals surface area contributed by atoms with Crippen molar-refractivity contribution >= 4 is 41.1 Å². The van der Waals surface area contributed by atoms with Crippen LogP contribution in [0.4, 0.5) is 5.69 Å². The van der Waals surface area contributed by atoms with E-state index in [0.29, 0.717) is 24.4 Å². The summed E-state index contributed by atoms with van der Waals surface area (Å²) in [6.45, 7) is 6.38. The highest BCUT2D eigenvalue weighted by Crippen LogP contribution is 2.31. The second-order valence-electron chi connectivity index (χ2n) is 7.93. The third kappa shape index (κ3) is 5.32. The highest BCUT2D eigenvalue weighted by atomic mass is 32.1. The van der Waals surface area contributed by atoms with E-state index in [2.05, 4.69) is 31.1 Å². The number of hydrogen-bond acceptors (Lipinski definition) is 4. The molecule has 2 N–H and O–H groups in total. The number of nitrogens with zero attached hydrogens (tertiary/aromatic N) is 1. The number of thiazole rings is 1. The lowest BCUT2D eigenvalue weighted by molar-refractivity contribution is -0.147. The summed E-state index contributed by atoms with van der Waals surface area (Å²) in [6, 6.07) is 7.59. The second kappa shape index (κ2) is 9.35. The van der Waals surface area contributed by atoms with Crippen molar-refractivity contribution < 1.29 is 14.7 Å². The fourth-order valence-corrected chi connectivity index (χ4v) is 4.88. The standard InChI is InChI=1S/C23H28N2O3S/c1-14(2)21-15(3)29-20(25-21)12-11-16-7-6-8-17(13-16)24-22(26)18-9-4-5-10-19(18)23(27)28/h6-8,11-14,18-19H,4-5,9-10H2,1-3H3,(H,24,26)(H,27,28)/b12-11+. The van der Waals surface area contributed by atoms with Crippen molar-refractivity contribution in [2.45, 2.75) is 52.4 Å². The van der Waals surface area contributed by atoms with Crippen LogP contribution in [-0.2, 0) is 9.59 Å². The van der Waals surface area contributed by atoms with Crippen LogP contribution in [0.5, 0.6) is 0 Å². The molecule has 2 aromatic rings. The molecule has 0 saturated heterocycles. The third-order valence-electron chi connectivity index (χ3n) is 5.39. The highest BCUT2D eigenvalue weighted by Gasteiger charge is 2.35. The molecule has 1 aromatic heterocycles. The van der Waals surface area contributed by atoms with Gasteiger partial charge < -0.3 is 10.4 Å². The van der Waals surface area contributed by atoms with Gasteiger partial charge in [0.1, 0.15) is 5.01 Å². The Balaban J connectivity index is 1.70. The summed E-state index contributed by atoms with van der Waals surface area (Å²) < 4.78 is 0. The van der Waals surface area contributed by atoms with Gasteiger partial charge in [-0.05, 0) is 49.5 Å². The number of rotatable bonds is 6. The summed E-state index contributed by atoms with van der Waals surface area (Å²) in [5.41, 5.74) is 2.78. The Morgan fingerprint density at radius 3 is 2.59 bits per heavy atom. The summed E-state index contributed by atoms with van der Waals surface area (Å²) >= 11 is 1.68. The van der Waals surface area contributed by atoms with Gasteiger partial charge in [0.15, 0.2) is 0 Å². The fourth-order valence-electron chi connectivity index (χ4n) is 3.90. The molecule has 0 spiro atoms. The van der Waals surface area contributed by atoms with E-state index >= 15 is 0 Å². The van der Waals surface area contributed by atoms with E-state index in [0.717, 1.165) is 29.1 Å². The van der Waals surface area contributed by atoms with Gasteiger partial charge in [-0.2, -0.15) is 0 Å². The molecular weight excluding hydrogens is 384 g/mol. The maximum absolute atomic E-state index is 12.7. The molecule has 0 bridgehead atoms. The number of carbonyl (C=O) groups excluding carboxylic acids is 1. The summed E-state index contributed by atoms with van der Waals surface area (Å²) in [5, 5.41) is 13.3. The smallest absolute Gasteiger partial charge is 0.307 e. The van der Waals surface area contributed by atoms with Gasteiger partial charge in [-0.15, -0.1) is 11.3 Å². The van der Waals surface area contributed by atoms with Gasteiger partial charge in [-0.25, -0.2) is 4.98 Å². The topological polar surface area (TPSA) is 79.3 Å². The average molecular weight is 413 g/mol. The summed E-state index contributed by atoms with van der Waals surface area (Å²) in [7, 11) is 0. The molecule has 5 nitrogen and oxygen atoms in total. The van der Waals surface area contributed by atoms with Gasteiger partial charge in [-0.3, -0.25) is 9.59 Å². The average Bonchev–Trinajstić information content (AvgIpc) is 3.07. The Bertz CT molecular complexity index is 917. The van der Waals surface area contributed by atoms with Crippen molar-refractivity contribution in [1.29, 1.82) is 0 Å². The molecule has 1 fully saturated rings. The number of anilines is 1. The predicted molar refractivity (Wildman–Crippen MR) is 118 cm³/mol. The Hall–Kier alpha value is -2.47. The molecule has 1 saturated carbocycles. The van der Waals surface area contributed by atoms with Crippen LogP contribution in [0.2, 0.25) is 0 Å². The van der Waals surface area contributed by atoms with E-state index in [1.54, 1.807) is 11.3 Å². The molecule has 1 heterocycles. The number of nitrogens with one attached hydrogen (secondary N) is 1. The highest BCUT2D eigenvalue weighted by molar-refractivity contribution is 7.12. The Labute approximate surface area is 175 Å². The SMILES string of the molecule is Cc1sc(/C=C/c2cccc(NC(=O)C3CCCCC3C(=O)O)c2)nc1C(C)C. The number of hydrogen-bond donors (Lipinski definition) is 2. The minimum Gasteiger partial charge on any atom is -0.481 e. The second-order valence-corrected chi connectivity index (χ2v) is 9.17. The normalized spacial score (nSPS) is 19.6. The van der Waals surface area contributed by atoms with Crippen LogP contribution in [0.1, 0.15) is 66.6 Å². The molecule has 1 aliphatic rings. The molecule has 0 radical (unpaired) electrons. The third-order valence-corrected chi connectivity index (χ3v) is 6.34. The van der Waals surface area contributed by atoms with E-state index in [1.807, 2.05) is 36.4 Å². The minimum absolute atomic E-state index is 0.199. The Morgan fingerprint density at radius 1 is 1.21 bits per heavy atom. The monoisotopic (exact) mass is 412 g/mol. The fraction of sp³-hybridized carbons (Fsp3) is 0.435. The van der Waals surface area contributed by atoms with Crippen LogP contribution in [0.3, 0.4) is 0 Å². The van der Waals surface area contributed by atoms with Gasteiger partial charge in [-0.1, -0.05) is 44.9 Å². The van der Waals surface area contributed by atoms with Crippen molar-refractivity contribution in [2.24, 2.45) is 11.8 Å². The number of carboxylic acid groups (broad SMARTS) is 1. The van der Waals surface area contributed by atoms with E-state index in [1.165, 1.54) is 4.88 Å². The lowest BCUT2D eigenvalue weighted by Gasteiger charge is -2.27. The van der Waals surface area contributed by atoms with Crippen LogP contribution in [0, 0.1) is 18.8 Å². The minimum atomic E-state index is -0.874. The van der Waals surface area contributed by atoms with E-state index < -0.39 is 17.8 Å². The van der Waals surface area contributed by atoms with E-state index in [-0.39, 0.29) is 5.91 Å². The van der Waals surface area contributed by atoms with Crippen LogP contribution in [0.25, 0.3) is 12.2 Å². The number of amides is 1. The molecule has 1 aromatic carbocycles. The number of aromatic nitrogens is 1. The van der Waals surface area contributed by atoms with Crippen molar-refractivity contribution in [3.63, 3.8) is 0 Å². The van der Waals surface area contributed by atoms with E-state index in [9.17, 15) is 14.7 Å². The molecular formula is C23H28N2O3S. The van der Waals surface area contributed by atoms with Crippen molar-refractivity contribution in [1.82, 2.24) is 4.98 Å². The van der Waals surface area contributed by atoms with Crippen molar-refractivity contribution in [3.8, 4) is 0 Å². The molecule has 1 aliphatic carbocycles. The summed E-state index contributed by atoms with van der Waals surface area (Å²) in [4.78, 5) is 30.1. The zero-order valence-electron chi connectivity index (χ0n) is 17.1. The number of aliphatic carboxylic acids is 1. The first-order valence-electron chi connectivity index (χ1n) is 10.1. The molecule has 154 valence electrons. The molecule has 3 rings (SSSR count). The number of benzene rings is 1. The van der Waals surface area contributed by atoms with Crippen molar-refractivity contribution in [3.05, 3.63) is 45.4 Å². The predicted octanol–water partition coefficient (Wildman–Crippen LogP) is 5.57. The van der Waals surface area contributed by atoms with Crippen LogP contribution in [0.15, 0.2) is 24.3 Å². The summed E-state index contributed by atoms with van der Waals surface area (Å²) in [6.07, 6.45) is 6.95. The number of aryl methyl sites for hydroxylation is 1. The molecule has 0 aliphatic heterocycles.